The number of nitrogens with one attached hydrogen (secondary N) is 2. The summed E-state index contributed by atoms with van der Waals surface area (Å²) in [6.07, 6.45) is 43.0. The smallest absolute Gasteiger partial charge is 0.220 e. The molecule has 48 heavy (non-hydrogen) atoms. The number of amides is 2. The van der Waals surface area contributed by atoms with Gasteiger partial charge in [-0.15, -0.1) is 0 Å². The molecule has 1 aliphatic rings. The molecule has 2 atom stereocenters. The van der Waals surface area contributed by atoms with E-state index in [4.69, 9.17) is 0 Å². The van der Waals surface area contributed by atoms with Crippen molar-refractivity contribution < 1.29 is 9.59 Å². The van der Waals surface area contributed by atoms with E-state index in [9.17, 15) is 9.59 Å². The Morgan fingerprint density at radius 2 is 0.625 bits per heavy atom. The monoisotopic (exact) mass is 675 g/mol. The largest absolute Gasteiger partial charge is 0.351 e. The van der Waals surface area contributed by atoms with E-state index in [-0.39, 0.29) is 23.9 Å². The van der Waals surface area contributed by atoms with Crippen molar-refractivity contribution in [3.05, 3.63) is 0 Å². The van der Waals surface area contributed by atoms with E-state index < -0.39 is 0 Å². The summed E-state index contributed by atoms with van der Waals surface area (Å²) in [6.45, 7) is 9.31. The lowest BCUT2D eigenvalue weighted by atomic mass is 9.90. The van der Waals surface area contributed by atoms with Gasteiger partial charge in [0.05, 0.1) is 0 Å². The van der Waals surface area contributed by atoms with Crippen molar-refractivity contribution in [1.29, 1.82) is 0 Å². The van der Waals surface area contributed by atoms with Crippen molar-refractivity contribution in [3.63, 3.8) is 0 Å². The van der Waals surface area contributed by atoms with Gasteiger partial charge < -0.3 is 10.6 Å². The van der Waals surface area contributed by atoms with Crippen molar-refractivity contribution >= 4 is 11.8 Å². The second-order valence-electron chi connectivity index (χ2n) is 16.7. The van der Waals surface area contributed by atoms with Gasteiger partial charge in [-0.1, -0.05) is 207 Å². The van der Waals surface area contributed by atoms with Crippen LogP contribution in [0.5, 0.6) is 0 Å². The lowest BCUT2D eigenvalue weighted by molar-refractivity contribution is -0.125. The molecule has 0 aliphatic heterocycles. The van der Waals surface area contributed by atoms with Gasteiger partial charge in [0.2, 0.25) is 11.8 Å². The molecule has 0 saturated heterocycles. The SMILES string of the molecule is CC(C)CCCCCCCCCCCCCCCC(=O)N[C@H]1CCCC[C@H]1NC(=O)CCCCCCCCCCCCCCCC(C)C. The third-order valence-corrected chi connectivity index (χ3v) is 10.8. The molecule has 1 fully saturated rings. The fourth-order valence-corrected chi connectivity index (χ4v) is 7.60. The molecule has 1 rings (SSSR count). The zero-order chi connectivity index (χ0) is 34.9. The summed E-state index contributed by atoms with van der Waals surface area (Å²) in [5.74, 6) is 2.09. The molecule has 0 aromatic carbocycles. The average molecular weight is 675 g/mol. The van der Waals surface area contributed by atoms with Crippen LogP contribution in [-0.2, 0) is 9.59 Å². The van der Waals surface area contributed by atoms with E-state index in [1.165, 1.54) is 154 Å². The molecule has 2 N–H and O–H groups in total. The van der Waals surface area contributed by atoms with E-state index in [1.807, 2.05) is 0 Å². The van der Waals surface area contributed by atoms with Crippen LogP contribution in [0.4, 0.5) is 0 Å². The van der Waals surface area contributed by atoms with E-state index in [2.05, 4.69) is 38.3 Å². The van der Waals surface area contributed by atoms with Crippen molar-refractivity contribution in [1.82, 2.24) is 10.6 Å². The van der Waals surface area contributed by atoms with Crippen LogP contribution in [0.1, 0.15) is 246 Å². The number of hydrogen-bond acceptors (Lipinski definition) is 2. The summed E-state index contributed by atoms with van der Waals surface area (Å²) < 4.78 is 0. The summed E-state index contributed by atoms with van der Waals surface area (Å²) in [5, 5.41) is 6.59. The Balaban J connectivity index is 1.95. The highest BCUT2D eigenvalue weighted by molar-refractivity contribution is 5.77. The highest BCUT2D eigenvalue weighted by Gasteiger charge is 2.27. The van der Waals surface area contributed by atoms with Crippen LogP contribution in [0.15, 0.2) is 0 Å². The molecule has 2 amide bonds. The molecule has 4 heteroatoms. The van der Waals surface area contributed by atoms with Crippen LogP contribution in [0.2, 0.25) is 0 Å². The van der Waals surface area contributed by atoms with Crippen LogP contribution in [0.25, 0.3) is 0 Å². The molecular formula is C44H86N2O2. The summed E-state index contributed by atoms with van der Waals surface area (Å²) in [4.78, 5) is 25.4. The van der Waals surface area contributed by atoms with Crippen LogP contribution in [-0.4, -0.2) is 23.9 Å². The Bertz CT molecular complexity index is 661. The van der Waals surface area contributed by atoms with Crippen molar-refractivity contribution in [2.75, 3.05) is 0 Å². The first-order valence-corrected chi connectivity index (χ1v) is 22.0. The second kappa shape index (κ2) is 33.1. The van der Waals surface area contributed by atoms with Gasteiger partial charge in [0.15, 0.2) is 0 Å². The standard InChI is InChI=1S/C44H86N2O2/c1-39(2)33-27-23-19-15-11-7-5-9-13-17-21-25-29-37-43(47)45-41-35-31-32-36-42(41)46-44(48)38-30-26-22-18-14-10-6-8-12-16-20-24-28-34-40(3)4/h39-42H,5-38H2,1-4H3,(H,45,47)(H,46,48)/t41-,42+. The molecule has 0 unspecified atom stereocenters. The molecule has 0 aromatic rings. The molecular weight excluding hydrogens is 588 g/mol. The highest BCUT2D eigenvalue weighted by atomic mass is 16.2. The van der Waals surface area contributed by atoms with Gasteiger partial charge in [0, 0.05) is 24.9 Å². The Morgan fingerprint density at radius 3 is 0.875 bits per heavy atom. The first-order chi connectivity index (χ1) is 23.4. The summed E-state index contributed by atoms with van der Waals surface area (Å²) in [5.41, 5.74) is 0. The van der Waals surface area contributed by atoms with Crippen molar-refractivity contribution in [2.45, 2.75) is 258 Å². The van der Waals surface area contributed by atoms with E-state index in [0.717, 1.165) is 63.2 Å². The fraction of sp³-hybridized carbons (Fsp3) is 0.955. The predicted octanol–water partition coefficient (Wildman–Crippen LogP) is 13.5. The van der Waals surface area contributed by atoms with Crippen molar-refractivity contribution in [2.24, 2.45) is 11.8 Å². The quantitative estimate of drug-likeness (QED) is 0.0667. The third kappa shape index (κ3) is 29.8. The first kappa shape index (κ1) is 45.0. The zero-order valence-electron chi connectivity index (χ0n) is 33.2. The minimum Gasteiger partial charge on any atom is -0.351 e. The van der Waals surface area contributed by atoms with E-state index >= 15 is 0 Å². The lowest BCUT2D eigenvalue weighted by Crippen LogP contribution is -2.53. The number of rotatable bonds is 34. The number of hydrogen-bond donors (Lipinski definition) is 2. The molecule has 284 valence electrons. The molecule has 0 heterocycles. The normalized spacial score (nSPS) is 16.5. The average Bonchev–Trinajstić information content (AvgIpc) is 3.05. The second-order valence-corrected chi connectivity index (χ2v) is 16.7. The summed E-state index contributed by atoms with van der Waals surface area (Å²) >= 11 is 0. The molecule has 0 radical (unpaired) electrons. The molecule has 1 saturated carbocycles. The first-order valence-electron chi connectivity index (χ1n) is 22.0. The van der Waals surface area contributed by atoms with Gasteiger partial charge in [-0.05, 0) is 37.5 Å². The minimum atomic E-state index is 0.111. The lowest BCUT2D eigenvalue weighted by Gasteiger charge is -2.33. The van der Waals surface area contributed by atoms with Crippen LogP contribution < -0.4 is 10.6 Å². The fourth-order valence-electron chi connectivity index (χ4n) is 7.60. The van der Waals surface area contributed by atoms with Crippen LogP contribution >= 0.6 is 0 Å². The molecule has 0 aromatic heterocycles. The van der Waals surface area contributed by atoms with Crippen molar-refractivity contribution in [3.8, 4) is 0 Å². The topological polar surface area (TPSA) is 58.2 Å². The summed E-state index contributed by atoms with van der Waals surface area (Å²) in [6, 6.07) is 0.222. The number of carbonyl (C=O) groups excluding carboxylic acids is 2. The Morgan fingerprint density at radius 1 is 0.396 bits per heavy atom. The van der Waals surface area contributed by atoms with Gasteiger partial charge in [-0.3, -0.25) is 9.59 Å². The maximum atomic E-state index is 12.7. The van der Waals surface area contributed by atoms with Gasteiger partial charge in [0.25, 0.3) is 0 Å². The highest BCUT2D eigenvalue weighted by Crippen LogP contribution is 2.20. The van der Waals surface area contributed by atoms with Gasteiger partial charge in [-0.2, -0.15) is 0 Å². The Labute approximate surface area is 301 Å². The molecule has 0 bridgehead atoms. The van der Waals surface area contributed by atoms with E-state index in [1.54, 1.807) is 0 Å². The minimum absolute atomic E-state index is 0.111. The van der Waals surface area contributed by atoms with Gasteiger partial charge >= 0.3 is 0 Å². The predicted molar refractivity (Wildman–Crippen MR) is 211 cm³/mol. The molecule has 1 aliphatic carbocycles. The van der Waals surface area contributed by atoms with E-state index in [0.29, 0.717) is 12.8 Å². The third-order valence-electron chi connectivity index (χ3n) is 10.8. The maximum absolute atomic E-state index is 12.7. The number of unbranched alkanes of at least 4 members (excludes halogenated alkanes) is 24. The Hall–Kier alpha value is -1.06. The Kier molecular flexibility index (Phi) is 31.0. The summed E-state index contributed by atoms with van der Waals surface area (Å²) in [7, 11) is 0. The zero-order valence-corrected chi connectivity index (χ0v) is 33.2. The maximum Gasteiger partial charge on any atom is 0.220 e. The van der Waals surface area contributed by atoms with Gasteiger partial charge in [0.1, 0.15) is 0 Å². The number of carbonyl (C=O) groups is 2. The van der Waals surface area contributed by atoms with Crippen LogP contribution in [0, 0.1) is 11.8 Å². The molecule has 4 nitrogen and oxygen atoms in total. The van der Waals surface area contributed by atoms with Crippen LogP contribution in [0.3, 0.4) is 0 Å². The molecule has 0 spiro atoms. The van der Waals surface area contributed by atoms with Gasteiger partial charge in [-0.25, -0.2) is 0 Å².